The number of carbonyl (C=O) groups excluding carboxylic acids is 3. The molecule has 0 fully saturated rings. The summed E-state index contributed by atoms with van der Waals surface area (Å²) in [6.45, 7) is 4.40. The predicted molar refractivity (Wildman–Crippen MR) is 121 cm³/mol. The van der Waals surface area contributed by atoms with Gasteiger partial charge >= 0.3 is 0 Å². The van der Waals surface area contributed by atoms with Gasteiger partial charge in [0.25, 0.3) is 0 Å². The molecule has 3 nitrogen and oxygen atoms in total. The van der Waals surface area contributed by atoms with Crippen LogP contribution in [0.2, 0.25) is 10.0 Å². The third-order valence-corrected chi connectivity index (χ3v) is 4.65. The minimum atomic E-state index is -0.0625. The van der Waals surface area contributed by atoms with Crippen molar-refractivity contribution in [3.8, 4) is 0 Å². The molecule has 0 aliphatic rings. The molecule has 0 N–H and O–H groups in total. The first-order valence-electron chi connectivity index (χ1n) is 8.68. The molecule has 0 bridgehead atoms. The lowest BCUT2D eigenvalue weighted by Crippen LogP contribution is -1.97. The van der Waals surface area contributed by atoms with Crippen molar-refractivity contribution in [1.82, 2.24) is 0 Å². The molecular formula is C22H25BrCl2O3. The minimum Gasteiger partial charge on any atom is -0.300 e. The van der Waals surface area contributed by atoms with Gasteiger partial charge in [-0.2, -0.15) is 0 Å². The smallest absolute Gasteiger partial charge is 0.137 e. The molecule has 0 radical (unpaired) electrons. The Hall–Kier alpha value is -1.49. The van der Waals surface area contributed by atoms with Gasteiger partial charge in [0.15, 0.2) is 0 Å². The van der Waals surface area contributed by atoms with Gasteiger partial charge in [0, 0.05) is 21.8 Å². The van der Waals surface area contributed by atoms with Crippen LogP contribution in [0.3, 0.4) is 0 Å². The molecule has 6 heteroatoms. The molecule has 2 rings (SSSR count). The zero-order valence-corrected chi connectivity index (χ0v) is 19.4. The van der Waals surface area contributed by atoms with E-state index in [4.69, 9.17) is 23.2 Å². The molecule has 0 spiro atoms. The Bertz CT molecular complexity index is 764. The summed E-state index contributed by atoms with van der Waals surface area (Å²) in [5.41, 5.74) is 2.19. The van der Waals surface area contributed by atoms with Gasteiger partial charge in [-0.3, -0.25) is 9.59 Å². The van der Waals surface area contributed by atoms with Gasteiger partial charge in [0.05, 0.1) is 6.42 Å². The first-order chi connectivity index (χ1) is 13.2. The van der Waals surface area contributed by atoms with Crippen molar-refractivity contribution >= 4 is 56.5 Å². The summed E-state index contributed by atoms with van der Waals surface area (Å²) < 4.78 is 0. The standard InChI is InChI=1S/C10H11ClO.C7H6BrCl.C5H8O2/c1-8(12)6-7-9-4-2-3-5-10(9)11;8-5-6-3-1-2-4-7(6)9;1-4(6)3-5(2)7/h2-5H,6-7H2,1H3;1-4H,5H2;3H2,1-2H3. The normalized spacial score (nSPS) is 9.36. The van der Waals surface area contributed by atoms with Gasteiger partial charge in [0.2, 0.25) is 0 Å². The van der Waals surface area contributed by atoms with Gasteiger partial charge in [0.1, 0.15) is 17.3 Å². The van der Waals surface area contributed by atoms with E-state index < -0.39 is 0 Å². The molecule has 0 aromatic heterocycles. The predicted octanol–water partition coefficient (Wildman–Crippen LogP) is 6.65. The molecule has 152 valence electrons. The Kier molecular flexibility index (Phi) is 14.6. The lowest BCUT2D eigenvalue weighted by molar-refractivity contribution is -0.124. The van der Waals surface area contributed by atoms with Crippen molar-refractivity contribution in [2.75, 3.05) is 0 Å². The van der Waals surface area contributed by atoms with Gasteiger partial charge in [-0.25, -0.2) is 0 Å². The molecule has 0 amide bonds. The van der Waals surface area contributed by atoms with Crippen molar-refractivity contribution in [1.29, 1.82) is 0 Å². The summed E-state index contributed by atoms with van der Waals surface area (Å²) in [5, 5.41) is 2.40. The number of hydrogen-bond acceptors (Lipinski definition) is 3. The number of carbonyl (C=O) groups is 3. The van der Waals surface area contributed by atoms with Crippen LogP contribution in [0.5, 0.6) is 0 Å². The number of aryl methyl sites for hydroxylation is 1. The Morgan fingerprint density at radius 1 is 0.750 bits per heavy atom. The molecule has 0 atom stereocenters. The molecular weight excluding hydrogens is 463 g/mol. The number of benzene rings is 2. The van der Waals surface area contributed by atoms with Crippen molar-refractivity contribution in [3.63, 3.8) is 0 Å². The highest BCUT2D eigenvalue weighted by Crippen LogP contribution is 2.17. The van der Waals surface area contributed by atoms with E-state index in [-0.39, 0.29) is 23.8 Å². The van der Waals surface area contributed by atoms with E-state index in [0.717, 1.165) is 32.9 Å². The second kappa shape index (κ2) is 15.4. The van der Waals surface area contributed by atoms with Gasteiger partial charge in [-0.1, -0.05) is 75.5 Å². The number of Topliss-reactive ketones (excluding diaryl/α,β-unsaturated/α-hetero) is 3. The lowest BCUT2D eigenvalue weighted by atomic mass is 10.1. The van der Waals surface area contributed by atoms with E-state index in [1.807, 2.05) is 48.5 Å². The molecule has 2 aromatic carbocycles. The fraction of sp³-hybridized carbons (Fsp3) is 0.318. The van der Waals surface area contributed by atoms with Crippen LogP contribution >= 0.6 is 39.1 Å². The van der Waals surface area contributed by atoms with Crippen molar-refractivity contribution in [2.24, 2.45) is 0 Å². The number of alkyl halides is 1. The zero-order chi connectivity index (χ0) is 21.5. The topological polar surface area (TPSA) is 51.2 Å². The van der Waals surface area contributed by atoms with Crippen LogP contribution in [-0.2, 0) is 26.1 Å². The van der Waals surface area contributed by atoms with Crippen LogP contribution in [0.15, 0.2) is 48.5 Å². The molecule has 0 aliphatic heterocycles. The van der Waals surface area contributed by atoms with Crippen molar-refractivity contribution in [2.45, 2.75) is 45.4 Å². The molecule has 2 aromatic rings. The monoisotopic (exact) mass is 486 g/mol. The maximum absolute atomic E-state index is 10.7. The van der Waals surface area contributed by atoms with Gasteiger partial charge in [-0.15, -0.1) is 0 Å². The van der Waals surface area contributed by atoms with E-state index in [2.05, 4.69) is 15.9 Å². The first-order valence-corrected chi connectivity index (χ1v) is 10.6. The summed E-state index contributed by atoms with van der Waals surface area (Å²) in [7, 11) is 0. The average Bonchev–Trinajstić information content (AvgIpc) is 2.61. The third-order valence-electron chi connectivity index (χ3n) is 3.30. The van der Waals surface area contributed by atoms with Crippen molar-refractivity contribution in [3.05, 3.63) is 69.7 Å². The maximum Gasteiger partial charge on any atom is 0.137 e. The van der Waals surface area contributed by atoms with E-state index in [0.29, 0.717) is 6.42 Å². The highest BCUT2D eigenvalue weighted by Gasteiger charge is 2.00. The van der Waals surface area contributed by atoms with Crippen LogP contribution in [0.4, 0.5) is 0 Å². The molecule has 0 unspecified atom stereocenters. The van der Waals surface area contributed by atoms with Crippen LogP contribution in [0.25, 0.3) is 0 Å². The van der Waals surface area contributed by atoms with Crippen LogP contribution in [-0.4, -0.2) is 17.3 Å². The summed E-state index contributed by atoms with van der Waals surface area (Å²) in [5.74, 6) is 0.0786. The average molecular weight is 488 g/mol. The van der Waals surface area contributed by atoms with E-state index in [1.54, 1.807) is 6.92 Å². The van der Waals surface area contributed by atoms with E-state index in [9.17, 15) is 14.4 Å². The summed E-state index contributed by atoms with van der Waals surface area (Å²) in [4.78, 5) is 30.8. The minimum absolute atomic E-state index is 0.0625. The highest BCUT2D eigenvalue weighted by molar-refractivity contribution is 9.08. The summed E-state index contributed by atoms with van der Waals surface area (Å²) in [6, 6.07) is 15.4. The summed E-state index contributed by atoms with van der Waals surface area (Å²) >= 11 is 15.0. The fourth-order valence-corrected chi connectivity index (χ4v) is 3.05. The van der Waals surface area contributed by atoms with Gasteiger partial charge in [-0.05, 0) is 50.5 Å². The lowest BCUT2D eigenvalue weighted by Gasteiger charge is -2.00. The highest BCUT2D eigenvalue weighted by atomic mass is 79.9. The molecule has 0 saturated heterocycles. The van der Waals surface area contributed by atoms with E-state index in [1.165, 1.54) is 13.8 Å². The zero-order valence-electron chi connectivity index (χ0n) is 16.3. The molecule has 0 saturated carbocycles. The second-order valence-corrected chi connectivity index (χ2v) is 7.47. The second-order valence-electron chi connectivity index (χ2n) is 6.10. The fourth-order valence-electron chi connectivity index (χ4n) is 1.97. The quantitative estimate of drug-likeness (QED) is 0.338. The van der Waals surface area contributed by atoms with E-state index >= 15 is 0 Å². The third kappa shape index (κ3) is 13.6. The molecule has 0 heterocycles. The molecule has 0 aliphatic carbocycles. The van der Waals surface area contributed by atoms with Crippen LogP contribution < -0.4 is 0 Å². The Balaban J connectivity index is 0.000000408. The van der Waals surface area contributed by atoms with Crippen LogP contribution in [0, 0.1) is 0 Å². The largest absolute Gasteiger partial charge is 0.300 e. The van der Waals surface area contributed by atoms with Crippen LogP contribution in [0.1, 0.15) is 44.7 Å². The SMILES string of the molecule is CC(=O)CC(C)=O.CC(=O)CCc1ccccc1Cl.Clc1ccccc1CBr. The molecule has 28 heavy (non-hydrogen) atoms. The Morgan fingerprint density at radius 2 is 1.18 bits per heavy atom. The van der Waals surface area contributed by atoms with Gasteiger partial charge < -0.3 is 4.79 Å². The Morgan fingerprint density at radius 3 is 1.46 bits per heavy atom. The number of ketones is 3. The van der Waals surface area contributed by atoms with Crippen molar-refractivity contribution < 1.29 is 14.4 Å². The first kappa shape index (κ1) is 26.5. The number of rotatable bonds is 6. The number of hydrogen-bond donors (Lipinski definition) is 0. The Labute approximate surface area is 185 Å². The maximum atomic E-state index is 10.7. The summed E-state index contributed by atoms with van der Waals surface area (Å²) in [6.07, 6.45) is 1.40. The number of halogens is 3.